The Hall–Kier alpha value is -1.44. The average Bonchev–Trinajstić information content (AvgIpc) is 3.14. The Kier molecular flexibility index (Phi) is 4.32. The molecule has 0 N–H and O–H groups in total. The number of halogens is 1. The van der Waals surface area contributed by atoms with Gasteiger partial charge in [-0.1, -0.05) is 35.1 Å². The molecule has 0 aliphatic carbocycles. The van der Waals surface area contributed by atoms with Gasteiger partial charge in [0, 0.05) is 46.0 Å². The molecule has 126 valence electrons. The number of hydrogen-bond acceptors (Lipinski definition) is 5. The number of anilines is 1. The zero-order valence-corrected chi connectivity index (χ0v) is 15.6. The summed E-state index contributed by atoms with van der Waals surface area (Å²) in [6.07, 6.45) is 3.87. The van der Waals surface area contributed by atoms with E-state index < -0.39 is 10.8 Å². The molecule has 0 amide bonds. The molecule has 1 aliphatic rings. The zero-order valence-electron chi connectivity index (χ0n) is 13.2. The number of imidazole rings is 1. The lowest BCUT2D eigenvalue weighted by atomic mass is 10.1. The molecule has 24 heavy (non-hydrogen) atoms. The van der Waals surface area contributed by atoms with Gasteiger partial charge in [0.2, 0.25) is 10.1 Å². The van der Waals surface area contributed by atoms with Crippen LogP contribution < -0.4 is 4.90 Å². The van der Waals surface area contributed by atoms with E-state index in [2.05, 4.69) is 22.0 Å². The van der Waals surface area contributed by atoms with E-state index in [1.54, 1.807) is 11.3 Å². The predicted molar refractivity (Wildman–Crippen MR) is 101 cm³/mol. The molecule has 3 aromatic rings. The third kappa shape index (κ3) is 3.08. The highest BCUT2D eigenvalue weighted by Crippen LogP contribution is 2.29. The SMILES string of the molecule is CN(c1nn2cc(-c3ccc(Cl)cc3)nc2s1)C1CCS(=O)CC1. The van der Waals surface area contributed by atoms with Crippen LogP contribution in [0.3, 0.4) is 0 Å². The van der Waals surface area contributed by atoms with Crippen LogP contribution in [-0.4, -0.2) is 43.4 Å². The minimum absolute atomic E-state index is 0.411. The van der Waals surface area contributed by atoms with Crippen molar-refractivity contribution in [3.63, 3.8) is 0 Å². The molecular formula is C16H17ClN4OS2. The van der Waals surface area contributed by atoms with Gasteiger partial charge in [-0.2, -0.15) is 0 Å². The van der Waals surface area contributed by atoms with Crippen LogP contribution >= 0.6 is 22.9 Å². The van der Waals surface area contributed by atoms with Crippen molar-refractivity contribution < 1.29 is 4.21 Å². The van der Waals surface area contributed by atoms with E-state index in [4.69, 9.17) is 11.6 Å². The second kappa shape index (κ2) is 6.46. The van der Waals surface area contributed by atoms with E-state index in [9.17, 15) is 4.21 Å². The smallest absolute Gasteiger partial charge is 0.214 e. The van der Waals surface area contributed by atoms with Crippen molar-refractivity contribution >= 4 is 43.8 Å². The maximum Gasteiger partial charge on any atom is 0.214 e. The predicted octanol–water partition coefficient (Wildman–Crippen LogP) is 3.46. The molecule has 1 saturated heterocycles. The van der Waals surface area contributed by atoms with E-state index in [-0.39, 0.29) is 0 Å². The lowest BCUT2D eigenvalue weighted by Crippen LogP contribution is -2.37. The summed E-state index contributed by atoms with van der Waals surface area (Å²) in [7, 11) is 1.43. The fourth-order valence-corrected chi connectivity index (χ4v) is 5.23. The average molecular weight is 381 g/mol. The normalized spacial score (nSPS) is 21.2. The van der Waals surface area contributed by atoms with Crippen molar-refractivity contribution in [1.82, 2.24) is 14.6 Å². The summed E-state index contributed by atoms with van der Waals surface area (Å²) < 4.78 is 13.4. The molecule has 3 heterocycles. The summed E-state index contributed by atoms with van der Waals surface area (Å²) in [6.45, 7) is 0. The van der Waals surface area contributed by atoms with Crippen molar-refractivity contribution in [2.45, 2.75) is 18.9 Å². The molecule has 0 bridgehead atoms. The first kappa shape index (κ1) is 16.1. The van der Waals surface area contributed by atoms with E-state index >= 15 is 0 Å². The van der Waals surface area contributed by atoms with E-state index in [1.165, 1.54) is 0 Å². The number of rotatable bonds is 3. The molecule has 4 rings (SSSR count). The van der Waals surface area contributed by atoms with Gasteiger partial charge in [0.25, 0.3) is 0 Å². The van der Waals surface area contributed by atoms with Crippen LogP contribution in [0.4, 0.5) is 5.13 Å². The number of benzene rings is 1. The van der Waals surface area contributed by atoms with Crippen molar-refractivity contribution in [1.29, 1.82) is 0 Å². The fraction of sp³-hybridized carbons (Fsp3) is 0.375. The topological polar surface area (TPSA) is 50.5 Å². The van der Waals surface area contributed by atoms with Gasteiger partial charge >= 0.3 is 0 Å². The van der Waals surface area contributed by atoms with E-state index in [1.807, 2.05) is 35.0 Å². The molecule has 0 atom stereocenters. The van der Waals surface area contributed by atoms with Gasteiger partial charge < -0.3 is 4.90 Å². The Bertz CT molecular complexity index is 848. The first-order valence-corrected chi connectivity index (χ1v) is 10.5. The highest BCUT2D eigenvalue weighted by Gasteiger charge is 2.24. The quantitative estimate of drug-likeness (QED) is 0.698. The first-order valence-electron chi connectivity index (χ1n) is 7.80. The zero-order chi connectivity index (χ0) is 16.7. The van der Waals surface area contributed by atoms with Crippen molar-refractivity contribution in [3.8, 4) is 11.3 Å². The van der Waals surface area contributed by atoms with Gasteiger partial charge in [0.1, 0.15) is 0 Å². The summed E-state index contributed by atoms with van der Waals surface area (Å²) in [4.78, 5) is 7.76. The third-order valence-corrected chi connectivity index (χ3v) is 7.03. The molecular weight excluding hydrogens is 364 g/mol. The number of fused-ring (bicyclic) bond motifs is 1. The minimum Gasteiger partial charge on any atom is -0.347 e. The second-order valence-electron chi connectivity index (χ2n) is 5.93. The summed E-state index contributed by atoms with van der Waals surface area (Å²) in [5.41, 5.74) is 1.93. The Morgan fingerprint density at radius 3 is 2.67 bits per heavy atom. The standard InChI is InChI=1S/C16H17ClN4OS2/c1-20(13-6-8-24(22)9-7-13)16-19-21-10-14(18-15(21)23-16)11-2-4-12(17)5-3-11/h2-5,10,13H,6-9H2,1H3. The van der Waals surface area contributed by atoms with Gasteiger partial charge in [-0.3, -0.25) is 4.21 Å². The van der Waals surface area contributed by atoms with Crippen LogP contribution in [0.15, 0.2) is 30.5 Å². The molecule has 8 heteroatoms. The molecule has 2 aromatic heterocycles. The molecule has 1 aliphatic heterocycles. The maximum atomic E-state index is 11.5. The number of aromatic nitrogens is 3. The van der Waals surface area contributed by atoms with Crippen molar-refractivity contribution in [2.75, 3.05) is 23.5 Å². The van der Waals surface area contributed by atoms with Crippen LogP contribution in [0.25, 0.3) is 16.2 Å². The monoisotopic (exact) mass is 380 g/mol. The van der Waals surface area contributed by atoms with E-state index in [0.29, 0.717) is 6.04 Å². The van der Waals surface area contributed by atoms with Gasteiger partial charge in [0.15, 0.2) is 0 Å². The largest absolute Gasteiger partial charge is 0.347 e. The summed E-state index contributed by atoms with van der Waals surface area (Å²) in [6, 6.07) is 8.07. The van der Waals surface area contributed by atoms with Crippen LogP contribution in [-0.2, 0) is 10.8 Å². The Balaban J connectivity index is 1.57. The van der Waals surface area contributed by atoms with Gasteiger partial charge in [-0.25, -0.2) is 9.50 Å². The molecule has 0 radical (unpaired) electrons. The Morgan fingerprint density at radius 1 is 1.29 bits per heavy atom. The van der Waals surface area contributed by atoms with Crippen LogP contribution in [0.5, 0.6) is 0 Å². The second-order valence-corrected chi connectivity index (χ2v) is 9.00. The van der Waals surface area contributed by atoms with Crippen LogP contribution in [0, 0.1) is 0 Å². The third-order valence-electron chi connectivity index (χ3n) is 4.38. The molecule has 1 aromatic carbocycles. The molecule has 1 fully saturated rings. The van der Waals surface area contributed by atoms with E-state index in [0.717, 1.165) is 50.7 Å². The lowest BCUT2D eigenvalue weighted by Gasteiger charge is -2.30. The Labute approximate surface area is 151 Å². The van der Waals surface area contributed by atoms with Crippen LogP contribution in [0.2, 0.25) is 5.02 Å². The van der Waals surface area contributed by atoms with Crippen molar-refractivity contribution in [3.05, 3.63) is 35.5 Å². The maximum absolute atomic E-state index is 11.5. The van der Waals surface area contributed by atoms with Crippen LogP contribution in [0.1, 0.15) is 12.8 Å². The number of nitrogens with zero attached hydrogens (tertiary/aromatic N) is 4. The van der Waals surface area contributed by atoms with Gasteiger partial charge in [-0.05, 0) is 25.0 Å². The molecule has 0 unspecified atom stereocenters. The molecule has 0 saturated carbocycles. The fourth-order valence-electron chi connectivity index (χ4n) is 2.92. The van der Waals surface area contributed by atoms with Gasteiger partial charge in [-0.15, -0.1) is 5.10 Å². The lowest BCUT2D eigenvalue weighted by molar-refractivity contribution is 0.567. The van der Waals surface area contributed by atoms with Gasteiger partial charge in [0.05, 0.1) is 11.9 Å². The first-order chi connectivity index (χ1) is 11.6. The highest BCUT2D eigenvalue weighted by molar-refractivity contribution is 7.85. The number of hydrogen-bond donors (Lipinski definition) is 0. The Morgan fingerprint density at radius 2 is 2.00 bits per heavy atom. The summed E-state index contributed by atoms with van der Waals surface area (Å²) in [5.74, 6) is 1.58. The minimum atomic E-state index is -0.637. The summed E-state index contributed by atoms with van der Waals surface area (Å²) in [5, 5.41) is 6.34. The highest BCUT2D eigenvalue weighted by atomic mass is 35.5. The molecule has 0 spiro atoms. The summed E-state index contributed by atoms with van der Waals surface area (Å²) >= 11 is 7.52. The molecule has 5 nitrogen and oxygen atoms in total. The van der Waals surface area contributed by atoms with Crippen molar-refractivity contribution in [2.24, 2.45) is 0 Å².